The molecule has 0 radical (unpaired) electrons. The van der Waals surface area contributed by atoms with Crippen LogP contribution in [0.3, 0.4) is 0 Å². The molecule has 0 amide bonds. The van der Waals surface area contributed by atoms with Crippen LogP contribution in [0.2, 0.25) is 5.02 Å². The molecule has 0 aromatic heterocycles. The highest BCUT2D eigenvalue weighted by Crippen LogP contribution is 2.32. The molecule has 2 aromatic carbocycles. The van der Waals surface area contributed by atoms with Crippen molar-refractivity contribution in [2.75, 3.05) is 0 Å². The van der Waals surface area contributed by atoms with Crippen molar-refractivity contribution >= 4 is 23.4 Å². The molecular weight excluding hydrogens is 300 g/mol. The third-order valence-corrected chi connectivity index (χ3v) is 5.18. The van der Waals surface area contributed by atoms with E-state index in [0.717, 1.165) is 23.4 Å². The maximum Gasteiger partial charge on any atom is 0.0800 e. The standard InChI is InChI=1S/C18H21ClOS/c1-3-16(21-17-10-8-15(19)9-11-17)12-18(20)14-6-4-13(2)5-7-14/h4-11,16,18,20H,3,12H2,1-2H3. The minimum atomic E-state index is -0.407. The molecule has 0 saturated carbocycles. The monoisotopic (exact) mass is 320 g/mol. The van der Waals surface area contributed by atoms with E-state index in [9.17, 15) is 5.11 Å². The Morgan fingerprint density at radius 1 is 1.05 bits per heavy atom. The Morgan fingerprint density at radius 3 is 2.24 bits per heavy atom. The van der Waals surface area contributed by atoms with E-state index >= 15 is 0 Å². The van der Waals surface area contributed by atoms with Gasteiger partial charge in [-0.3, -0.25) is 0 Å². The highest BCUT2D eigenvalue weighted by molar-refractivity contribution is 8.00. The van der Waals surface area contributed by atoms with Gasteiger partial charge in [0.25, 0.3) is 0 Å². The van der Waals surface area contributed by atoms with Gasteiger partial charge in [0, 0.05) is 15.2 Å². The zero-order valence-corrected chi connectivity index (χ0v) is 14.0. The Hall–Kier alpha value is -0.960. The van der Waals surface area contributed by atoms with Crippen molar-refractivity contribution in [2.45, 2.75) is 42.9 Å². The molecule has 0 heterocycles. The number of thioether (sulfide) groups is 1. The smallest absolute Gasteiger partial charge is 0.0800 e. The molecule has 0 aliphatic heterocycles. The number of hydrogen-bond donors (Lipinski definition) is 1. The van der Waals surface area contributed by atoms with Gasteiger partial charge in [-0.15, -0.1) is 11.8 Å². The van der Waals surface area contributed by atoms with Crippen LogP contribution in [0.25, 0.3) is 0 Å². The predicted molar refractivity (Wildman–Crippen MR) is 92.1 cm³/mol. The number of hydrogen-bond acceptors (Lipinski definition) is 2. The Labute approximate surface area is 136 Å². The molecule has 0 aliphatic carbocycles. The van der Waals surface area contributed by atoms with Crippen molar-refractivity contribution in [3.8, 4) is 0 Å². The molecule has 112 valence electrons. The third kappa shape index (κ3) is 5.06. The summed E-state index contributed by atoms with van der Waals surface area (Å²) in [5.74, 6) is 0. The van der Waals surface area contributed by atoms with Crippen LogP contribution in [0.1, 0.15) is 37.0 Å². The molecule has 3 heteroatoms. The number of aliphatic hydroxyl groups excluding tert-OH is 1. The minimum Gasteiger partial charge on any atom is -0.388 e. The van der Waals surface area contributed by atoms with E-state index in [4.69, 9.17) is 11.6 Å². The first-order chi connectivity index (χ1) is 10.1. The van der Waals surface area contributed by atoms with E-state index in [1.807, 2.05) is 48.5 Å². The Morgan fingerprint density at radius 2 is 1.67 bits per heavy atom. The molecule has 1 nitrogen and oxygen atoms in total. The molecule has 21 heavy (non-hydrogen) atoms. The van der Waals surface area contributed by atoms with Gasteiger partial charge in [-0.05, 0) is 49.6 Å². The molecule has 2 rings (SSSR count). The fourth-order valence-corrected chi connectivity index (χ4v) is 3.43. The molecule has 1 N–H and O–H groups in total. The number of aryl methyl sites for hydroxylation is 1. The lowest BCUT2D eigenvalue weighted by atomic mass is 10.0. The van der Waals surface area contributed by atoms with Gasteiger partial charge >= 0.3 is 0 Å². The molecule has 0 aliphatic rings. The van der Waals surface area contributed by atoms with Crippen LogP contribution in [0, 0.1) is 6.92 Å². The van der Waals surface area contributed by atoms with Crippen molar-refractivity contribution < 1.29 is 5.11 Å². The van der Waals surface area contributed by atoms with Crippen molar-refractivity contribution in [2.24, 2.45) is 0 Å². The van der Waals surface area contributed by atoms with Crippen LogP contribution in [0.5, 0.6) is 0 Å². The van der Waals surface area contributed by atoms with Gasteiger partial charge in [0.1, 0.15) is 0 Å². The SMILES string of the molecule is CCC(CC(O)c1ccc(C)cc1)Sc1ccc(Cl)cc1. The first kappa shape index (κ1) is 16.4. The van der Waals surface area contributed by atoms with Crippen LogP contribution in [0.15, 0.2) is 53.4 Å². The van der Waals surface area contributed by atoms with E-state index < -0.39 is 6.10 Å². The highest BCUT2D eigenvalue weighted by atomic mass is 35.5. The second kappa shape index (κ2) is 7.88. The summed E-state index contributed by atoms with van der Waals surface area (Å²) in [6, 6.07) is 16.0. The first-order valence-corrected chi connectivity index (χ1v) is 8.51. The highest BCUT2D eigenvalue weighted by Gasteiger charge is 2.16. The van der Waals surface area contributed by atoms with Gasteiger partial charge < -0.3 is 5.11 Å². The fraction of sp³-hybridized carbons (Fsp3) is 0.333. The van der Waals surface area contributed by atoms with Crippen molar-refractivity contribution in [1.82, 2.24) is 0 Å². The molecule has 2 unspecified atom stereocenters. The second-order valence-electron chi connectivity index (χ2n) is 5.26. The van der Waals surface area contributed by atoms with Crippen LogP contribution < -0.4 is 0 Å². The number of aliphatic hydroxyl groups is 1. The molecule has 0 fully saturated rings. The summed E-state index contributed by atoms with van der Waals surface area (Å²) < 4.78 is 0. The van der Waals surface area contributed by atoms with E-state index in [0.29, 0.717) is 5.25 Å². The van der Waals surface area contributed by atoms with Gasteiger partial charge in [-0.25, -0.2) is 0 Å². The Kier molecular flexibility index (Phi) is 6.16. The van der Waals surface area contributed by atoms with Crippen molar-refractivity contribution in [3.63, 3.8) is 0 Å². The van der Waals surface area contributed by atoms with Crippen molar-refractivity contribution in [3.05, 3.63) is 64.7 Å². The summed E-state index contributed by atoms with van der Waals surface area (Å²) in [4.78, 5) is 1.20. The average Bonchev–Trinajstić information content (AvgIpc) is 2.49. The van der Waals surface area contributed by atoms with Crippen molar-refractivity contribution in [1.29, 1.82) is 0 Å². The summed E-state index contributed by atoms with van der Waals surface area (Å²) in [6.07, 6.45) is 1.37. The zero-order valence-electron chi connectivity index (χ0n) is 12.4. The molecule has 0 bridgehead atoms. The molecular formula is C18H21ClOS. The van der Waals surface area contributed by atoms with Crippen LogP contribution in [-0.2, 0) is 0 Å². The van der Waals surface area contributed by atoms with E-state index in [1.54, 1.807) is 11.8 Å². The quantitative estimate of drug-likeness (QED) is 0.695. The van der Waals surface area contributed by atoms with Gasteiger partial charge in [0.15, 0.2) is 0 Å². The lowest BCUT2D eigenvalue weighted by Crippen LogP contribution is -2.08. The average molecular weight is 321 g/mol. The topological polar surface area (TPSA) is 20.2 Å². The first-order valence-electron chi connectivity index (χ1n) is 7.25. The zero-order chi connectivity index (χ0) is 15.2. The lowest BCUT2D eigenvalue weighted by Gasteiger charge is -2.19. The largest absolute Gasteiger partial charge is 0.388 e. The van der Waals surface area contributed by atoms with Crippen LogP contribution in [-0.4, -0.2) is 10.4 Å². The van der Waals surface area contributed by atoms with Gasteiger partial charge in [0.2, 0.25) is 0 Å². The Bertz CT molecular complexity index is 550. The number of halogens is 1. The molecule has 2 aromatic rings. The molecule has 0 saturated heterocycles. The summed E-state index contributed by atoms with van der Waals surface area (Å²) in [6.45, 7) is 4.22. The predicted octanol–water partition coefficient (Wildman–Crippen LogP) is 5.64. The summed E-state index contributed by atoms with van der Waals surface area (Å²) in [5.41, 5.74) is 2.21. The summed E-state index contributed by atoms with van der Waals surface area (Å²) in [7, 11) is 0. The summed E-state index contributed by atoms with van der Waals surface area (Å²) >= 11 is 7.71. The number of benzene rings is 2. The maximum atomic E-state index is 10.4. The fourth-order valence-electron chi connectivity index (χ4n) is 2.18. The maximum absolute atomic E-state index is 10.4. The molecule has 0 spiro atoms. The van der Waals surface area contributed by atoms with Gasteiger partial charge in [-0.2, -0.15) is 0 Å². The van der Waals surface area contributed by atoms with E-state index in [2.05, 4.69) is 13.8 Å². The minimum absolute atomic E-state index is 0.391. The van der Waals surface area contributed by atoms with E-state index in [1.165, 1.54) is 10.5 Å². The Balaban J connectivity index is 1.98. The van der Waals surface area contributed by atoms with E-state index in [-0.39, 0.29) is 0 Å². The number of rotatable bonds is 6. The van der Waals surface area contributed by atoms with Crippen LogP contribution >= 0.6 is 23.4 Å². The van der Waals surface area contributed by atoms with Crippen LogP contribution in [0.4, 0.5) is 0 Å². The lowest BCUT2D eigenvalue weighted by molar-refractivity contribution is 0.166. The second-order valence-corrected chi connectivity index (χ2v) is 7.07. The summed E-state index contributed by atoms with van der Waals surface area (Å²) in [5, 5.41) is 11.5. The van der Waals surface area contributed by atoms with Gasteiger partial charge in [0.05, 0.1) is 6.10 Å². The third-order valence-electron chi connectivity index (χ3n) is 3.52. The van der Waals surface area contributed by atoms with Gasteiger partial charge in [-0.1, -0.05) is 48.4 Å². The molecule has 2 atom stereocenters. The normalized spacial score (nSPS) is 13.9.